The minimum absolute atomic E-state index is 0.127. The Labute approximate surface area is 183 Å². The number of likely N-dealkylation sites (tertiary alicyclic amines) is 1. The van der Waals surface area contributed by atoms with E-state index in [1.165, 1.54) is 6.07 Å². The first kappa shape index (κ1) is 21.4. The molecule has 2 heterocycles. The van der Waals surface area contributed by atoms with Gasteiger partial charge in [-0.05, 0) is 49.7 Å². The van der Waals surface area contributed by atoms with Crippen molar-refractivity contribution in [2.24, 2.45) is 0 Å². The van der Waals surface area contributed by atoms with Crippen LogP contribution in [0.1, 0.15) is 24.4 Å². The largest absolute Gasteiger partial charge is 0.497 e. The highest BCUT2D eigenvalue weighted by molar-refractivity contribution is 5.78. The molecule has 4 rings (SSSR count). The number of anilines is 1. The topological polar surface area (TPSA) is 45.3 Å². The van der Waals surface area contributed by atoms with Crippen molar-refractivity contribution < 1.29 is 18.7 Å². The van der Waals surface area contributed by atoms with Crippen LogP contribution in [0.4, 0.5) is 10.1 Å². The van der Waals surface area contributed by atoms with Gasteiger partial charge in [0.2, 0.25) is 5.91 Å². The molecule has 7 heteroatoms. The molecule has 2 aromatic rings. The van der Waals surface area contributed by atoms with Crippen molar-refractivity contribution in [2.45, 2.75) is 18.9 Å². The van der Waals surface area contributed by atoms with Crippen LogP contribution in [-0.2, 0) is 4.79 Å². The summed E-state index contributed by atoms with van der Waals surface area (Å²) in [6, 6.07) is 12.8. The van der Waals surface area contributed by atoms with E-state index in [2.05, 4.69) is 4.90 Å². The SMILES string of the molecule is COc1ccc(OC)c([C@H]2CCCN2CC(=O)N2CCN(c3ccccc3F)CC2)c1. The van der Waals surface area contributed by atoms with Gasteiger partial charge in [0.05, 0.1) is 26.5 Å². The number of carbonyl (C=O) groups excluding carboxylic acids is 1. The number of ether oxygens (including phenoxy) is 2. The number of piperazine rings is 1. The highest BCUT2D eigenvalue weighted by atomic mass is 19.1. The zero-order valence-electron chi connectivity index (χ0n) is 18.2. The predicted octanol–water partition coefficient (Wildman–Crippen LogP) is 3.33. The van der Waals surface area contributed by atoms with Crippen LogP contribution >= 0.6 is 0 Å². The summed E-state index contributed by atoms with van der Waals surface area (Å²) in [5.41, 5.74) is 1.68. The second kappa shape index (κ2) is 9.56. The lowest BCUT2D eigenvalue weighted by Crippen LogP contribution is -2.51. The second-order valence-electron chi connectivity index (χ2n) is 8.06. The first-order valence-electron chi connectivity index (χ1n) is 10.8. The van der Waals surface area contributed by atoms with E-state index < -0.39 is 0 Å². The molecule has 2 saturated heterocycles. The molecule has 2 aromatic carbocycles. The molecule has 1 atom stereocenters. The fourth-order valence-corrected chi connectivity index (χ4v) is 4.65. The van der Waals surface area contributed by atoms with Gasteiger partial charge in [0.25, 0.3) is 0 Å². The lowest BCUT2D eigenvalue weighted by atomic mass is 10.0. The predicted molar refractivity (Wildman–Crippen MR) is 118 cm³/mol. The van der Waals surface area contributed by atoms with Gasteiger partial charge in [-0.1, -0.05) is 12.1 Å². The molecule has 1 amide bonds. The summed E-state index contributed by atoms with van der Waals surface area (Å²) < 4.78 is 25.0. The summed E-state index contributed by atoms with van der Waals surface area (Å²) in [6.07, 6.45) is 2.03. The van der Waals surface area contributed by atoms with E-state index in [9.17, 15) is 9.18 Å². The molecule has 6 nitrogen and oxygen atoms in total. The van der Waals surface area contributed by atoms with Crippen LogP contribution in [-0.4, -0.2) is 69.2 Å². The fourth-order valence-electron chi connectivity index (χ4n) is 4.65. The highest BCUT2D eigenvalue weighted by Gasteiger charge is 2.32. The highest BCUT2D eigenvalue weighted by Crippen LogP contribution is 2.38. The third-order valence-corrected chi connectivity index (χ3v) is 6.32. The van der Waals surface area contributed by atoms with Crippen LogP contribution in [0, 0.1) is 5.82 Å². The molecule has 0 aliphatic carbocycles. The number of hydrogen-bond donors (Lipinski definition) is 0. The first-order valence-corrected chi connectivity index (χ1v) is 10.8. The Balaban J connectivity index is 1.39. The monoisotopic (exact) mass is 427 g/mol. The maximum atomic E-state index is 14.1. The molecule has 0 N–H and O–H groups in total. The minimum Gasteiger partial charge on any atom is -0.497 e. The van der Waals surface area contributed by atoms with Gasteiger partial charge in [-0.25, -0.2) is 4.39 Å². The Morgan fingerprint density at radius 3 is 2.52 bits per heavy atom. The summed E-state index contributed by atoms with van der Waals surface area (Å²) >= 11 is 0. The molecule has 0 unspecified atom stereocenters. The molecule has 0 spiro atoms. The average Bonchev–Trinajstić information content (AvgIpc) is 3.27. The molecule has 31 heavy (non-hydrogen) atoms. The van der Waals surface area contributed by atoms with Gasteiger partial charge >= 0.3 is 0 Å². The minimum atomic E-state index is -0.213. The maximum absolute atomic E-state index is 14.1. The van der Waals surface area contributed by atoms with Gasteiger partial charge in [0, 0.05) is 37.8 Å². The van der Waals surface area contributed by atoms with Crippen LogP contribution in [0.15, 0.2) is 42.5 Å². The zero-order valence-corrected chi connectivity index (χ0v) is 18.2. The standard InChI is InChI=1S/C24H30FN3O3/c1-30-18-9-10-23(31-2)19(16-18)21-8-5-11-28(21)17-24(29)27-14-12-26(13-15-27)22-7-4-3-6-20(22)25/h3-4,6-7,9-10,16,21H,5,8,11-15,17H2,1-2H3/t21-/m1/s1. The van der Waals surface area contributed by atoms with Gasteiger partial charge in [-0.3, -0.25) is 9.69 Å². The number of carbonyl (C=O) groups is 1. The van der Waals surface area contributed by atoms with Gasteiger partial charge in [-0.2, -0.15) is 0 Å². The van der Waals surface area contributed by atoms with Crippen molar-refractivity contribution in [1.82, 2.24) is 9.80 Å². The molecule has 2 aliphatic rings. The normalized spacial score (nSPS) is 19.5. The summed E-state index contributed by atoms with van der Waals surface area (Å²) in [6.45, 7) is 3.75. The van der Waals surface area contributed by atoms with Crippen LogP contribution in [0.2, 0.25) is 0 Å². The molecule has 166 valence electrons. The van der Waals surface area contributed by atoms with Crippen LogP contribution in [0.25, 0.3) is 0 Å². The number of methoxy groups -OCH3 is 2. The Kier molecular flexibility index (Phi) is 6.61. The molecular weight excluding hydrogens is 397 g/mol. The van der Waals surface area contributed by atoms with E-state index in [0.29, 0.717) is 38.4 Å². The van der Waals surface area contributed by atoms with Crippen molar-refractivity contribution in [3.05, 3.63) is 53.8 Å². The molecule has 2 fully saturated rings. The number of nitrogens with zero attached hydrogens (tertiary/aromatic N) is 3. The van der Waals surface area contributed by atoms with Crippen molar-refractivity contribution in [3.8, 4) is 11.5 Å². The lowest BCUT2D eigenvalue weighted by Gasteiger charge is -2.37. The van der Waals surface area contributed by atoms with Crippen molar-refractivity contribution >= 4 is 11.6 Å². The number of hydrogen-bond acceptors (Lipinski definition) is 5. The second-order valence-corrected chi connectivity index (χ2v) is 8.06. The average molecular weight is 428 g/mol. The number of benzene rings is 2. The Bertz CT molecular complexity index is 915. The maximum Gasteiger partial charge on any atom is 0.236 e. The van der Waals surface area contributed by atoms with Crippen LogP contribution < -0.4 is 14.4 Å². The van der Waals surface area contributed by atoms with E-state index >= 15 is 0 Å². The summed E-state index contributed by atoms with van der Waals surface area (Å²) in [5, 5.41) is 0. The van der Waals surface area contributed by atoms with Crippen molar-refractivity contribution in [2.75, 3.05) is 58.4 Å². The van der Waals surface area contributed by atoms with E-state index in [1.54, 1.807) is 26.4 Å². The van der Waals surface area contributed by atoms with Gasteiger partial charge < -0.3 is 19.3 Å². The summed E-state index contributed by atoms with van der Waals surface area (Å²) in [5.74, 6) is 1.53. The first-order chi connectivity index (χ1) is 15.1. The summed E-state index contributed by atoms with van der Waals surface area (Å²) in [4.78, 5) is 19.2. The fraction of sp³-hybridized carbons (Fsp3) is 0.458. The van der Waals surface area contributed by atoms with Crippen LogP contribution in [0.5, 0.6) is 11.5 Å². The number of halogens is 1. The van der Waals surface area contributed by atoms with E-state index in [-0.39, 0.29) is 17.8 Å². The van der Waals surface area contributed by atoms with Gasteiger partial charge in [0.15, 0.2) is 0 Å². The number of amides is 1. The Morgan fingerprint density at radius 2 is 1.81 bits per heavy atom. The zero-order chi connectivity index (χ0) is 21.8. The third kappa shape index (κ3) is 4.61. The molecule has 0 saturated carbocycles. The molecule has 0 aromatic heterocycles. The third-order valence-electron chi connectivity index (χ3n) is 6.32. The number of para-hydroxylation sites is 1. The van der Waals surface area contributed by atoms with Crippen molar-refractivity contribution in [1.29, 1.82) is 0 Å². The number of rotatable bonds is 6. The molecule has 0 bridgehead atoms. The van der Waals surface area contributed by atoms with Gasteiger partial charge in [0.1, 0.15) is 17.3 Å². The van der Waals surface area contributed by atoms with E-state index in [0.717, 1.165) is 36.4 Å². The van der Waals surface area contributed by atoms with Crippen LogP contribution in [0.3, 0.4) is 0 Å². The Morgan fingerprint density at radius 1 is 1.03 bits per heavy atom. The molecule has 0 radical (unpaired) electrons. The van der Waals surface area contributed by atoms with Gasteiger partial charge in [-0.15, -0.1) is 0 Å². The van der Waals surface area contributed by atoms with E-state index in [1.807, 2.05) is 34.1 Å². The van der Waals surface area contributed by atoms with E-state index in [4.69, 9.17) is 9.47 Å². The quantitative estimate of drug-likeness (QED) is 0.708. The summed E-state index contributed by atoms with van der Waals surface area (Å²) in [7, 11) is 3.33. The lowest BCUT2D eigenvalue weighted by molar-refractivity contribution is -0.133. The molecular formula is C24H30FN3O3. The van der Waals surface area contributed by atoms with Crippen molar-refractivity contribution in [3.63, 3.8) is 0 Å². The smallest absolute Gasteiger partial charge is 0.236 e. The Hall–Kier alpha value is -2.80. The molecule has 2 aliphatic heterocycles.